The molecule has 1 N–H and O–H groups in total. The predicted octanol–water partition coefficient (Wildman–Crippen LogP) is 5.06. The third-order valence-corrected chi connectivity index (χ3v) is 4.18. The zero-order valence-electron chi connectivity index (χ0n) is 15.3. The van der Waals surface area contributed by atoms with Crippen LogP contribution in [0.2, 0.25) is 0 Å². The molecule has 0 saturated carbocycles. The zero-order chi connectivity index (χ0) is 19.4. The summed E-state index contributed by atoms with van der Waals surface area (Å²) in [6.45, 7) is 5.34. The van der Waals surface area contributed by atoms with Crippen LogP contribution in [0.5, 0.6) is 0 Å². The molecule has 0 aliphatic carbocycles. The largest absolute Gasteiger partial charge is 0.441 e. The van der Waals surface area contributed by atoms with Crippen molar-refractivity contribution in [1.82, 2.24) is 10.1 Å². The third kappa shape index (κ3) is 4.13. The first-order valence-corrected chi connectivity index (χ1v) is 8.63. The monoisotopic (exact) mass is 369 g/mol. The third-order valence-electron chi connectivity index (χ3n) is 4.18. The van der Waals surface area contributed by atoms with Crippen LogP contribution in [-0.2, 0) is 11.2 Å². The summed E-state index contributed by atoms with van der Waals surface area (Å²) in [4.78, 5) is 16.6. The van der Waals surface area contributed by atoms with Gasteiger partial charge in [0.2, 0.25) is 5.76 Å². The van der Waals surface area contributed by atoms with Gasteiger partial charge in [0.1, 0.15) is 29.0 Å². The fraction of sp³-hybridized carbons (Fsp3) is 0.250. The number of carbonyl (C=O) groups excluding carboxylic acids is 1. The molecule has 1 atom stereocenters. The van der Waals surface area contributed by atoms with Crippen LogP contribution in [0.15, 0.2) is 47.1 Å². The van der Waals surface area contributed by atoms with Crippen LogP contribution in [0.3, 0.4) is 0 Å². The van der Waals surface area contributed by atoms with Gasteiger partial charge in [-0.2, -0.15) is 0 Å². The van der Waals surface area contributed by atoms with Gasteiger partial charge >= 0.3 is 6.09 Å². The molecule has 0 spiro atoms. The summed E-state index contributed by atoms with van der Waals surface area (Å²) in [5.41, 5.74) is 2.79. The highest BCUT2D eigenvalue weighted by Crippen LogP contribution is 2.30. The molecule has 1 unspecified atom stereocenters. The van der Waals surface area contributed by atoms with Gasteiger partial charge < -0.3 is 9.26 Å². The number of aromatic nitrogens is 2. The second kappa shape index (κ2) is 7.99. The van der Waals surface area contributed by atoms with Gasteiger partial charge in [0.25, 0.3) is 0 Å². The molecule has 0 aliphatic rings. The fourth-order valence-corrected chi connectivity index (χ4v) is 2.62. The van der Waals surface area contributed by atoms with Gasteiger partial charge in [0.05, 0.1) is 0 Å². The molecule has 0 aliphatic heterocycles. The Balaban J connectivity index is 1.76. The van der Waals surface area contributed by atoms with Gasteiger partial charge in [-0.1, -0.05) is 36.3 Å². The average Bonchev–Trinajstić information content (AvgIpc) is 3.02. The Morgan fingerprint density at radius 2 is 2.07 bits per heavy atom. The highest BCUT2D eigenvalue weighted by molar-refractivity contribution is 5.90. The molecule has 0 bridgehead atoms. The van der Waals surface area contributed by atoms with E-state index in [1.165, 1.54) is 6.07 Å². The molecule has 27 heavy (non-hydrogen) atoms. The molecule has 7 heteroatoms. The molecule has 1 aromatic carbocycles. The van der Waals surface area contributed by atoms with E-state index in [1.807, 2.05) is 13.0 Å². The molecular weight excluding hydrogens is 349 g/mol. The maximum absolute atomic E-state index is 13.8. The molecule has 0 radical (unpaired) electrons. The number of rotatable bonds is 5. The van der Waals surface area contributed by atoms with Crippen LogP contribution in [0.1, 0.15) is 36.8 Å². The number of halogens is 1. The number of hydrogen-bond donors (Lipinski definition) is 1. The molecule has 3 aromatic rings. The fourth-order valence-electron chi connectivity index (χ4n) is 2.62. The van der Waals surface area contributed by atoms with E-state index in [9.17, 15) is 9.18 Å². The lowest BCUT2D eigenvalue weighted by Gasteiger charge is -2.15. The second-order valence-electron chi connectivity index (χ2n) is 6.07. The normalized spacial score (nSPS) is 11.9. The Morgan fingerprint density at radius 1 is 1.30 bits per heavy atom. The average molecular weight is 369 g/mol. The lowest BCUT2D eigenvalue weighted by molar-refractivity contribution is 0.119. The van der Waals surface area contributed by atoms with Crippen molar-refractivity contribution in [3.05, 3.63) is 65.2 Å². The molecule has 0 saturated heterocycles. The summed E-state index contributed by atoms with van der Waals surface area (Å²) in [5, 5.41) is 6.52. The quantitative estimate of drug-likeness (QED) is 0.680. The van der Waals surface area contributed by atoms with E-state index in [0.29, 0.717) is 28.4 Å². The van der Waals surface area contributed by atoms with E-state index < -0.39 is 18.0 Å². The van der Waals surface area contributed by atoms with Crippen molar-refractivity contribution in [3.63, 3.8) is 0 Å². The van der Waals surface area contributed by atoms with Crippen molar-refractivity contribution >= 4 is 11.8 Å². The first-order chi connectivity index (χ1) is 13.0. The summed E-state index contributed by atoms with van der Waals surface area (Å²) in [6, 6.07) is 9.89. The molecule has 0 fully saturated rings. The van der Waals surface area contributed by atoms with Crippen molar-refractivity contribution < 1.29 is 18.4 Å². The van der Waals surface area contributed by atoms with Crippen LogP contribution < -0.4 is 5.32 Å². The van der Waals surface area contributed by atoms with Crippen LogP contribution in [0.4, 0.5) is 14.9 Å². The number of nitrogens with one attached hydrogen (secondary N) is 1. The van der Waals surface area contributed by atoms with Crippen LogP contribution in [-0.4, -0.2) is 16.2 Å². The Labute approximate surface area is 156 Å². The van der Waals surface area contributed by atoms with E-state index in [1.54, 1.807) is 44.3 Å². The molecule has 2 aromatic heterocycles. The van der Waals surface area contributed by atoms with Crippen LogP contribution in [0, 0.1) is 12.7 Å². The number of anilines is 1. The Kier molecular flexibility index (Phi) is 5.49. The zero-order valence-corrected chi connectivity index (χ0v) is 15.3. The molecule has 6 nitrogen and oxygen atoms in total. The highest BCUT2D eigenvalue weighted by atomic mass is 19.1. The molecule has 3 rings (SSSR count). The van der Waals surface area contributed by atoms with Crippen LogP contribution >= 0.6 is 0 Å². The van der Waals surface area contributed by atoms with Gasteiger partial charge in [0, 0.05) is 11.8 Å². The summed E-state index contributed by atoms with van der Waals surface area (Å²) >= 11 is 0. The maximum Gasteiger partial charge on any atom is 0.412 e. The number of nitrogens with zero attached hydrogens (tertiary/aromatic N) is 2. The summed E-state index contributed by atoms with van der Waals surface area (Å²) in [6.07, 6.45) is 1.13. The van der Waals surface area contributed by atoms with Crippen molar-refractivity contribution in [1.29, 1.82) is 0 Å². The van der Waals surface area contributed by atoms with E-state index in [4.69, 9.17) is 9.26 Å². The number of carbonyl (C=O) groups is 1. The Hall–Kier alpha value is -3.22. The highest BCUT2D eigenvalue weighted by Gasteiger charge is 2.21. The maximum atomic E-state index is 13.8. The molecule has 1 amide bonds. The van der Waals surface area contributed by atoms with Crippen molar-refractivity contribution in [2.24, 2.45) is 0 Å². The first kappa shape index (κ1) is 18.6. The van der Waals surface area contributed by atoms with Gasteiger partial charge in [-0.05, 0) is 38.0 Å². The minimum absolute atomic E-state index is 0.298. The minimum Gasteiger partial charge on any atom is -0.441 e. The number of aryl methyl sites for hydroxylation is 2. The smallest absolute Gasteiger partial charge is 0.412 e. The molecule has 2 heterocycles. The van der Waals surface area contributed by atoms with Crippen molar-refractivity contribution in [2.75, 3.05) is 5.32 Å². The van der Waals surface area contributed by atoms with Gasteiger partial charge in [-0.15, -0.1) is 0 Å². The number of ether oxygens (including phenoxy) is 1. The summed E-state index contributed by atoms with van der Waals surface area (Å²) < 4.78 is 24.4. The van der Waals surface area contributed by atoms with Crippen molar-refractivity contribution in [3.8, 4) is 11.5 Å². The molecular formula is C20H20FN3O3. The molecule has 140 valence electrons. The van der Waals surface area contributed by atoms with Gasteiger partial charge in [-0.3, -0.25) is 10.3 Å². The van der Waals surface area contributed by atoms with Gasteiger partial charge in [-0.25, -0.2) is 9.18 Å². The second-order valence-corrected chi connectivity index (χ2v) is 6.07. The van der Waals surface area contributed by atoms with E-state index in [-0.39, 0.29) is 0 Å². The topological polar surface area (TPSA) is 77.2 Å². The Bertz CT molecular complexity index is 938. The van der Waals surface area contributed by atoms with E-state index in [0.717, 1.165) is 12.0 Å². The van der Waals surface area contributed by atoms with E-state index >= 15 is 0 Å². The lowest BCUT2D eigenvalue weighted by Crippen LogP contribution is -2.17. The van der Waals surface area contributed by atoms with Gasteiger partial charge in [0.15, 0.2) is 0 Å². The van der Waals surface area contributed by atoms with Crippen molar-refractivity contribution in [2.45, 2.75) is 33.3 Å². The minimum atomic E-state index is -0.753. The van der Waals surface area contributed by atoms with E-state index in [2.05, 4.69) is 15.5 Å². The first-order valence-electron chi connectivity index (χ1n) is 8.63. The lowest BCUT2D eigenvalue weighted by atomic mass is 10.1. The number of benzene rings is 1. The summed E-state index contributed by atoms with van der Waals surface area (Å²) in [7, 11) is 0. The number of amides is 1. The number of pyridine rings is 1. The predicted molar refractivity (Wildman–Crippen MR) is 98.8 cm³/mol. The number of hydrogen-bond acceptors (Lipinski definition) is 5. The SMILES string of the molecule is CCc1ccc(-c2onc(C)c2NC(=O)OC(C)c2ccccc2F)nc1. The Morgan fingerprint density at radius 3 is 2.74 bits per heavy atom. The summed E-state index contributed by atoms with van der Waals surface area (Å²) in [5.74, 6) is -0.0921. The van der Waals surface area contributed by atoms with Crippen LogP contribution in [0.25, 0.3) is 11.5 Å². The standard InChI is InChI=1S/C20H20FN3O3/c1-4-14-9-10-17(22-11-14)19-18(12(2)24-27-19)23-20(25)26-13(3)15-7-5-6-8-16(15)21/h5-11,13H,4H2,1-3H3,(H,23,25).